The van der Waals surface area contributed by atoms with Crippen molar-refractivity contribution in [1.29, 1.82) is 0 Å². The molecule has 1 aromatic heterocycles. The molecule has 0 bridgehead atoms. The summed E-state index contributed by atoms with van der Waals surface area (Å²) in [5, 5.41) is 2.72. The molecule has 0 saturated carbocycles. The van der Waals surface area contributed by atoms with E-state index in [0.29, 0.717) is 5.92 Å². The maximum absolute atomic E-state index is 2.46. The Hall–Kier alpha value is -4.11. The molecular formula is C38H29S2+. The smallest absolute Gasteiger partial charge is 0.135 e. The molecule has 192 valence electrons. The van der Waals surface area contributed by atoms with Crippen LogP contribution >= 0.6 is 11.3 Å². The molecule has 0 aliphatic heterocycles. The van der Waals surface area contributed by atoms with Gasteiger partial charge < -0.3 is 0 Å². The van der Waals surface area contributed by atoms with Gasteiger partial charge in [0.15, 0.2) is 14.7 Å². The van der Waals surface area contributed by atoms with Gasteiger partial charge in [0.2, 0.25) is 0 Å². The molecule has 0 aliphatic rings. The summed E-state index contributed by atoms with van der Waals surface area (Å²) in [5.74, 6) is 0.300. The fourth-order valence-corrected chi connectivity index (χ4v) is 8.78. The van der Waals surface area contributed by atoms with E-state index < -0.39 is 0 Å². The maximum Gasteiger partial charge on any atom is 0.167 e. The highest BCUT2D eigenvalue weighted by molar-refractivity contribution is 7.97. The maximum atomic E-state index is 2.46. The zero-order chi connectivity index (χ0) is 26.7. The van der Waals surface area contributed by atoms with Gasteiger partial charge in [-0.1, -0.05) is 103 Å². The third kappa shape index (κ3) is 4.97. The first-order valence-electron chi connectivity index (χ1n) is 13.7. The Bertz CT molecular complexity index is 1820. The van der Waals surface area contributed by atoms with Gasteiger partial charge in [-0.15, -0.1) is 11.3 Å². The molecular weight excluding hydrogens is 521 g/mol. The van der Waals surface area contributed by atoms with E-state index in [1.807, 2.05) is 11.3 Å². The minimum Gasteiger partial charge on any atom is -0.135 e. The molecule has 0 fully saturated rings. The second kappa shape index (κ2) is 11.2. The first-order valence-corrected chi connectivity index (χ1v) is 15.8. The SMILES string of the molecule is c1ccc(CC(c2ccccc2)c2ccc3sc4ccc([S+](c5ccccc5)c5ccccc5)cc4c3c2)cc1. The summed E-state index contributed by atoms with van der Waals surface area (Å²) in [7, 11) is -0.163. The van der Waals surface area contributed by atoms with Crippen molar-refractivity contribution in [2.45, 2.75) is 27.0 Å². The largest absolute Gasteiger partial charge is 0.167 e. The van der Waals surface area contributed by atoms with Gasteiger partial charge in [0, 0.05) is 32.2 Å². The first-order chi connectivity index (χ1) is 19.8. The topological polar surface area (TPSA) is 0 Å². The number of benzene rings is 6. The van der Waals surface area contributed by atoms with Crippen molar-refractivity contribution in [2.75, 3.05) is 0 Å². The minimum absolute atomic E-state index is 0.163. The highest BCUT2D eigenvalue weighted by Crippen LogP contribution is 2.40. The zero-order valence-electron chi connectivity index (χ0n) is 22.1. The summed E-state index contributed by atoms with van der Waals surface area (Å²) < 4.78 is 2.70. The predicted octanol–water partition coefficient (Wildman–Crippen LogP) is 10.5. The van der Waals surface area contributed by atoms with E-state index in [9.17, 15) is 0 Å². The Morgan fingerprint density at radius 1 is 0.450 bits per heavy atom. The van der Waals surface area contributed by atoms with Crippen molar-refractivity contribution in [3.63, 3.8) is 0 Å². The van der Waals surface area contributed by atoms with Crippen LogP contribution in [0.25, 0.3) is 20.2 Å². The van der Waals surface area contributed by atoms with E-state index in [-0.39, 0.29) is 10.9 Å². The Morgan fingerprint density at radius 3 is 1.60 bits per heavy atom. The van der Waals surface area contributed by atoms with Crippen molar-refractivity contribution < 1.29 is 0 Å². The number of hydrogen-bond acceptors (Lipinski definition) is 1. The highest BCUT2D eigenvalue weighted by Gasteiger charge is 2.29. The van der Waals surface area contributed by atoms with Crippen LogP contribution in [0.3, 0.4) is 0 Å². The number of hydrogen-bond donors (Lipinski definition) is 0. The molecule has 0 spiro atoms. The fourth-order valence-electron chi connectivity index (χ4n) is 5.60. The average Bonchev–Trinajstić information content (AvgIpc) is 3.39. The molecule has 0 radical (unpaired) electrons. The molecule has 7 rings (SSSR count). The van der Waals surface area contributed by atoms with Crippen molar-refractivity contribution in [3.8, 4) is 0 Å². The highest BCUT2D eigenvalue weighted by atomic mass is 32.2. The first kappa shape index (κ1) is 24.9. The van der Waals surface area contributed by atoms with Crippen LogP contribution in [0.1, 0.15) is 22.6 Å². The molecule has 0 aliphatic carbocycles. The lowest BCUT2D eigenvalue weighted by Crippen LogP contribution is -2.05. The van der Waals surface area contributed by atoms with E-state index >= 15 is 0 Å². The number of fused-ring (bicyclic) bond motifs is 3. The lowest BCUT2D eigenvalue weighted by Gasteiger charge is -2.19. The van der Waals surface area contributed by atoms with Gasteiger partial charge >= 0.3 is 0 Å². The van der Waals surface area contributed by atoms with E-state index in [1.54, 1.807) is 0 Å². The van der Waals surface area contributed by atoms with Crippen LogP contribution in [0.4, 0.5) is 0 Å². The molecule has 1 unspecified atom stereocenters. The summed E-state index contributed by atoms with van der Waals surface area (Å²) in [6.45, 7) is 0. The molecule has 6 aromatic carbocycles. The second-order valence-corrected chi connectivity index (χ2v) is 13.2. The Kier molecular flexibility index (Phi) is 6.95. The van der Waals surface area contributed by atoms with Gasteiger partial charge in [-0.3, -0.25) is 0 Å². The summed E-state index contributed by atoms with van der Waals surface area (Å²) >= 11 is 1.90. The van der Waals surface area contributed by atoms with Gasteiger partial charge in [0.1, 0.15) is 0 Å². The minimum atomic E-state index is -0.163. The van der Waals surface area contributed by atoms with Gasteiger partial charge in [0.05, 0.1) is 10.9 Å². The van der Waals surface area contributed by atoms with E-state index in [4.69, 9.17) is 0 Å². The van der Waals surface area contributed by atoms with Crippen LogP contribution in [0.5, 0.6) is 0 Å². The van der Waals surface area contributed by atoms with E-state index in [0.717, 1.165) is 6.42 Å². The van der Waals surface area contributed by atoms with Crippen molar-refractivity contribution in [2.24, 2.45) is 0 Å². The lowest BCUT2D eigenvalue weighted by atomic mass is 9.85. The van der Waals surface area contributed by atoms with E-state index in [2.05, 4.69) is 158 Å². The molecule has 0 saturated heterocycles. The molecule has 0 N–H and O–H groups in total. The number of rotatable bonds is 7. The molecule has 1 heterocycles. The molecule has 0 amide bonds. The second-order valence-electron chi connectivity index (χ2n) is 10.1. The van der Waals surface area contributed by atoms with Gasteiger partial charge in [0.25, 0.3) is 0 Å². The molecule has 7 aromatic rings. The van der Waals surface area contributed by atoms with E-state index in [1.165, 1.54) is 51.5 Å². The molecule has 0 nitrogen and oxygen atoms in total. The Labute approximate surface area is 242 Å². The van der Waals surface area contributed by atoms with Crippen LogP contribution in [0, 0.1) is 0 Å². The zero-order valence-corrected chi connectivity index (χ0v) is 23.7. The van der Waals surface area contributed by atoms with Crippen molar-refractivity contribution in [3.05, 3.63) is 174 Å². The third-order valence-corrected chi connectivity index (χ3v) is 10.9. The third-order valence-electron chi connectivity index (χ3n) is 7.55. The van der Waals surface area contributed by atoms with Gasteiger partial charge in [-0.05, 0) is 71.6 Å². The monoisotopic (exact) mass is 549 g/mol. The summed E-state index contributed by atoms with van der Waals surface area (Å²) in [5.41, 5.74) is 4.10. The fraction of sp³-hybridized carbons (Fsp3) is 0.0526. The Balaban J connectivity index is 1.36. The van der Waals surface area contributed by atoms with Crippen LogP contribution < -0.4 is 0 Å². The quantitative estimate of drug-likeness (QED) is 0.173. The van der Waals surface area contributed by atoms with Gasteiger partial charge in [-0.2, -0.15) is 0 Å². The molecule has 1 atom stereocenters. The van der Waals surface area contributed by atoms with Crippen LogP contribution in [0.15, 0.2) is 172 Å². The van der Waals surface area contributed by atoms with Crippen LogP contribution in [-0.2, 0) is 17.3 Å². The van der Waals surface area contributed by atoms with Crippen LogP contribution in [0.2, 0.25) is 0 Å². The predicted molar refractivity (Wildman–Crippen MR) is 173 cm³/mol. The summed E-state index contributed by atoms with van der Waals surface area (Å²) in [6, 6.07) is 58.0. The lowest BCUT2D eigenvalue weighted by molar-refractivity contribution is 0.806. The van der Waals surface area contributed by atoms with Crippen molar-refractivity contribution >= 4 is 42.4 Å². The summed E-state index contributed by atoms with van der Waals surface area (Å²) in [6.07, 6.45) is 0.981. The molecule has 40 heavy (non-hydrogen) atoms. The Morgan fingerprint density at radius 2 is 0.975 bits per heavy atom. The molecule has 2 heteroatoms. The van der Waals surface area contributed by atoms with Gasteiger partial charge in [-0.25, -0.2) is 0 Å². The average molecular weight is 550 g/mol. The van der Waals surface area contributed by atoms with Crippen LogP contribution in [-0.4, -0.2) is 0 Å². The number of thiophene rings is 1. The van der Waals surface area contributed by atoms with Crippen molar-refractivity contribution in [1.82, 2.24) is 0 Å². The summed E-state index contributed by atoms with van der Waals surface area (Å²) in [4.78, 5) is 4.06. The standard InChI is InChI=1S/C38H29S2/c1-5-13-28(14-6-1)25-34(29-15-7-2-8-16-29)30-21-23-37-35(26-30)36-27-33(22-24-38(36)39-37)40(31-17-9-3-10-18-31)32-19-11-4-12-20-32/h1-24,26-27,34H,25H2/q+1. The normalized spacial score (nSPS) is 12.2.